The molecule has 0 atom stereocenters. The van der Waals surface area contributed by atoms with Crippen LogP contribution in [0.15, 0.2) is 6.20 Å². The smallest absolute Gasteiger partial charge is 0.203 e. The molecule has 0 spiro atoms. The van der Waals surface area contributed by atoms with E-state index in [0.29, 0.717) is 17.5 Å². The topological polar surface area (TPSA) is 29.9 Å². The lowest BCUT2D eigenvalue weighted by Gasteiger charge is -2.35. The minimum atomic E-state index is 0.466. The van der Waals surface area contributed by atoms with E-state index in [1.807, 2.05) is 0 Å². The first-order valence-electron chi connectivity index (χ1n) is 7.19. The van der Waals surface area contributed by atoms with Crippen molar-refractivity contribution in [3.05, 3.63) is 11.9 Å². The van der Waals surface area contributed by atoms with Gasteiger partial charge in [0.1, 0.15) is 0 Å². The highest BCUT2D eigenvalue weighted by molar-refractivity contribution is 5.31. The van der Waals surface area contributed by atoms with Crippen LogP contribution < -0.4 is 5.32 Å². The fourth-order valence-electron chi connectivity index (χ4n) is 2.74. The Kier molecular flexibility index (Phi) is 3.69. The SMILES string of the molecule is Cc1cn(C(C)C)c(NC2CCC(C)(C)CC2)n1. The fraction of sp³-hybridized carbons (Fsp3) is 0.800. The van der Waals surface area contributed by atoms with Gasteiger partial charge < -0.3 is 9.88 Å². The maximum atomic E-state index is 4.61. The third-order valence-corrected chi connectivity index (χ3v) is 4.08. The molecule has 3 heteroatoms. The van der Waals surface area contributed by atoms with Gasteiger partial charge in [0, 0.05) is 18.3 Å². The number of nitrogens with one attached hydrogen (secondary N) is 1. The number of hydrogen-bond donors (Lipinski definition) is 1. The van der Waals surface area contributed by atoms with Gasteiger partial charge in [0.2, 0.25) is 5.95 Å². The number of aryl methyl sites for hydroxylation is 1. The lowest BCUT2D eigenvalue weighted by Crippen LogP contribution is -2.31. The minimum absolute atomic E-state index is 0.466. The highest BCUT2D eigenvalue weighted by Gasteiger charge is 2.27. The molecule has 1 aliphatic rings. The molecule has 0 aliphatic heterocycles. The lowest BCUT2D eigenvalue weighted by molar-refractivity contribution is 0.232. The van der Waals surface area contributed by atoms with Crippen LogP contribution in [-0.4, -0.2) is 15.6 Å². The lowest BCUT2D eigenvalue weighted by atomic mass is 9.76. The van der Waals surface area contributed by atoms with Gasteiger partial charge in [-0.2, -0.15) is 0 Å². The van der Waals surface area contributed by atoms with E-state index in [0.717, 1.165) is 11.6 Å². The summed E-state index contributed by atoms with van der Waals surface area (Å²) < 4.78 is 2.25. The molecule has 18 heavy (non-hydrogen) atoms. The van der Waals surface area contributed by atoms with Gasteiger partial charge in [-0.25, -0.2) is 4.98 Å². The molecule has 1 N–H and O–H groups in total. The molecule has 0 unspecified atom stereocenters. The van der Waals surface area contributed by atoms with E-state index >= 15 is 0 Å². The molecule has 2 rings (SSSR count). The molecule has 3 nitrogen and oxygen atoms in total. The van der Waals surface area contributed by atoms with E-state index in [9.17, 15) is 0 Å². The zero-order valence-electron chi connectivity index (χ0n) is 12.5. The summed E-state index contributed by atoms with van der Waals surface area (Å²) in [4.78, 5) is 4.61. The zero-order valence-corrected chi connectivity index (χ0v) is 12.5. The molecule has 1 aromatic rings. The summed E-state index contributed by atoms with van der Waals surface area (Å²) in [7, 11) is 0. The molecule has 0 radical (unpaired) electrons. The zero-order chi connectivity index (χ0) is 13.3. The maximum absolute atomic E-state index is 4.61. The van der Waals surface area contributed by atoms with Gasteiger partial charge in [0.15, 0.2) is 0 Å². The van der Waals surface area contributed by atoms with Crippen molar-refractivity contribution >= 4 is 5.95 Å². The second-order valence-electron chi connectivity index (χ2n) is 6.79. The summed E-state index contributed by atoms with van der Waals surface area (Å²) in [6.07, 6.45) is 7.28. The highest BCUT2D eigenvalue weighted by atomic mass is 15.2. The van der Waals surface area contributed by atoms with Gasteiger partial charge in [-0.05, 0) is 51.9 Å². The highest BCUT2D eigenvalue weighted by Crippen LogP contribution is 2.36. The number of imidazole rings is 1. The number of anilines is 1. The molecule has 0 amide bonds. The second kappa shape index (κ2) is 4.94. The van der Waals surface area contributed by atoms with Crippen molar-refractivity contribution in [3.63, 3.8) is 0 Å². The van der Waals surface area contributed by atoms with Gasteiger partial charge in [-0.1, -0.05) is 13.8 Å². The molecule has 1 heterocycles. The van der Waals surface area contributed by atoms with E-state index in [1.54, 1.807) is 0 Å². The third kappa shape index (κ3) is 3.06. The van der Waals surface area contributed by atoms with E-state index < -0.39 is 0 Å². The Morgan fingerprint density at radius 1 is 1.33 bits per heavy atom. The van der Waals surface area contributed by atoms with E-state index in [-0.39, 0.29) is 0 Å². The molecule has 102 valence electrons. The van der Waals surface area contributed by atoms with Crippen LogP contribution in [0.3, 0.4) is 0 Å². The Hall–Kier alpha value is -0.990. The largest absolute Gasteiger partial charge is 0.353 e. The summed E-state index contributed by atoms with van der Waals surface area (Å²) in [5.41, 5.74) is 1.63. The number of aromatic nitrogens is 2. The molecule has 1 aromatic heterocycles. The van der Waals surface area contributed by atoms with Crippen molar-refractivity contribution in [2.45, 2.75) is 72.4 Å². The van der Waals surface area contributed by atoms with Gasteiger partial charge in [0.25, 0.3) is 0 Å². The van der Waals surface area contributed by atoms with E-state index in [4.69, 9.17) is 0 Å². The molecule has 0 bridgehead atoms. The van der Waals surface area contributed by atoms with Crippen molar-refractivity contribution < 1.29 is 0 Å². The van der Waals surface area contributed by atoms with Crippen molar-refractivity contribution in [3.8, 4) is 0 Å². The predicted octanol–water partition coefficient (Wildman–Crippen LogP) is 4.15. The Morgan fingerprint density at radius 3 is 2.50 bits per heavy atom. The first kappa shape index (κ1) is 13.4. The number of rotatable bonds is 3. The van der Waals surface area contributed by atoms with Crippen LogP contribution in [0.2, 0.25) is 0 Å². The third-order valence-electron chi connectivity index (χ3n) is 4.08. The summed E-state index contributed by atoms with van der Waals surface area (Å²) in [5, 5.41) is 3.64. The molecule has 1 aliphatic carbocycles. The van der Waals surface area contributed by atoms with Crippen LogP contribution >= 0.6 is 0 Å². The summed E-state index contributed by atoms with van der Waals surface area (Å²) in [6.45, 7) is 11.2. The molecule has 1 fully saturated rings. The average Bonchev–Trinajstić information content (AvgIpc) is 2.63. The number of nitrogens with zero attached hydrogens (tertiary/aromatic N) is 2. The number of hydrogen-bond acceptors (Lipinski definition) is 2. The Bertz CT molecular complexity index is 394. The summed E-state index contributed by atoms with van der Waals surface area (Å²) in [6, 6.07) is 1.06. The van der Waals surface area contributed by atoms with Crippen LogP contribution in [-0.2, 0) is 0 Å². The first-order chi connectivity index (χ1) is 8.37. The van der Waals surface area contributed by atoms with Crippen LogP contribution in [0.5, 0.6) is 0 Å². The normalized spacial score (nSPS) is 20.3. The van der Waals surface area contributed by atoms with E-state index in [2.05, 4.69) is 55.7 Å². The van der Waals surface area contributed by atoms with Crippen molar-refractivity contribution in [2.75, 3.05) is 5.32 Å². The minimum Gasteiger partial charge on any atom is -0.353 e. The summed E-state index contributed by atoms with van der Waals surface area (Å²) in [5.74, 6) is 1.05. The Morgan fingerprint density at radius 2 is 1.94 bits per heavy atom. The molecule has 0 aromatic carbocycles. The average molecular weight is 249 g/mol. The van der Waals surface area contributed by atoms with Crippen molar-refractivity contribution in [2.24, 2.45) is 5.41 Å². The van der Waals surface area contributed by atoms with Gasteiger partial charge >= 0.3 is 0 Å². The summed E-state index contributed by atoms with van der Waals surface area (Å²) >= 11 is 0. The first-order valence-corrected chi connectivity index (χ1v) is 7.19. The van der Waals surface area contributed by atoms with Gasteiger partial charge in [-0.3, -0.25) is 0 Å². The van der Waals surface area contributed by atoms with Gasteiger partial charge in [0.05, 0.1) is 5.69 Å². The fourth-order valence-corrected chi connectivity index (χ4v) is 2.74. The van der Waals surface area contributed by atoms with Crippen LogP contribution in [0.4, 0.5) is 5.95 Å². The standard InChI is InChI=1S/C15H27N3/c1-11(2)18-10-12(3)16-14(18)17-13-6-8-15(4,5)9-7-13/h10-11,13H,6-9H2,1-5H3,(H,16,17). The molecule has 1 saturated carbocycles. The van der Waals surface area contributed by atoms with Crippen LogP contribution in [0, 0.1) is 12.3 Å². The van der Waals surface area contributed by atoms with Gasteiger partial charge in [-0.15, -0.1) is 0 Å². The molecular weight excluding hydrogens is 222 g/mol. The predicted molar refractivity (Wildman–Crippen MR) is 77.0 cm³/mol. The Labute approximate surface area is 111 Å². The van der Waals surface area contributed by atoms with E-state index in [1.165, 1.54) is 25.7 Å². The van der Waals surface area contributed by atoms with Crippen molar-refractivity contribution in [1.82, 2.24) is 9.55 Å². The molecule has 0 saturated heterocycles. The Balaban J connectivity index is 2.02. The monoisotopic (exact) mass is 249 g/mol. The van der Waals surface area contributed by atoms with Crippen molar-refractivity contribution in [1.29, 1.82) is 0 Å². The quantitative estimate of drug-likeness (QED) is 0.872. The second-order valence-corrected chi connectivity index (χ2v) is 6.79. The molecular formula is C15H27N3. The maximum Gasteiger partial charge on any atom is 0.203 e. The van der Waals surface area contributed by atoms with Crippen LogP contribution in [0.25, 0.3) is 0 Å². The van der Waals surface area contributed by atoms with Crippen LogP contribution in [0.1, 0.15) is 65.1 Å².